The number of hydrogen-bond donors (Lipinski definition) is 1. The number of nitrogens with zero attached hydrogens (tertiary/aromatic N) is 1. The summed E-state index contributed by atoms with van der Waals surface area (Å²) in [4.78, 5) is 12.6. The van der Waals surface area contributed by atoms with E-state index in [0.717, 1.165) is 15.6 Å². The average Bonchev–Trinajstić information content (AvgIpc) is 2.79. The molecule has 0 unspecified atom stereocenters. The van der Waals surface area contributed by atoms with Crippen molar-refractivity contribution in [2.24, 2.45) is 0 Å². The zero-order chi connectivity index (χ0) is 23.8. The fourth-order valence-electron chi connectivity index (χ4n) is 2.99. The molecule has 0 radical (unpaired) electrons. The van der Waals surface area contributed by atoms with Crippen LogP contribution in [0.15, 0.2) is 70.7 Å². The molecule has 3 aromatic rings. The molecule has 0 spiro atoms. The van der Waals surface area contributed by atoms with Crippen molar-refractivity contribution in [3.63, 3.8) is 0 Å². The maximum Gasteiger partial charge on any atom is 0.266 e. The van der Waals surface area contributed by atoms with Crippen molar-refractivity contribution in [3.8, 4) is 17.6 Å². The number of benzene rings is 3. The van der Waals surface area contributed by atoms with Gasteiger partial charge in [0.2, 0.25) is 0 Å². The summed E-state index contributed by atoms with van der Waals surface area (Å²) in [6.45, 7) is 4.49. The normalized spacial score (nSPS) is 10.9. The molecule has 0 saturated heterocycles. The number of carbonyl (C=O) groups is 1. The summed E-state index contributed by atoms with van der Waals surface area (Å²) in [6, 6.07) is 20.3. The minimum absolute atomic E-state index is 0.0593. The van der Waals surface area contributed by atoms with Gasteiger partial charge in [-0.15, -0.1) is 0 Å². The predicted molar refractivity (Wildman–Crippen MR) is 134 cm³/mol. The predicted octanol–water partition coefficient (Wildman–Crippen LogP) is 6.93. The molecule has 168 valence electrons. The van der Waals surface area contributed by atoms with E-state index in [2.05, 4.69) is 21.2 Å². The number of anilines is 1. The van der Waals surface area contributed by atoms with Crippen molar-refractivity contribution in [3.05, 3.63) is 92.4 Å². The van der Waals surface area contributed by atoms with Gasteiger partial charge in [0.15, 0.2) is 11.5 Å². The number of hydrogen-bond acceptors (Lipinski definition) is 4. The lowest BCUT2D eigenvalue weighted by Crippen LogP contribution is -2.13. The summed E-state index contributed by atoms with van der Waals surface area (Å²) < 4.78 is 12.6. The maximum absolute atomic E-state index is 12.6. The van der Waals surface area contributed by atoms with Gasteiger partial charge in [-0.2, -0.15) is 5.26 Å². The van der Waals surface area contributed by atoms with Gasteiger partial charge in [-0.05, 0) is 55.8 Å². The molecule has 0 aromatic heterocycles. The Hall–Kier alpha value is -3.27. The second-order valence-corrected chi connectivity index (χ2v) is 8.39. The number of carbonyl (C=O) groups excluding carboxylic acids is 1. The molecule has 33 heavy (non-hydrogen) atoms. The molecule has 0 aliphatic carbocycles. The first-order valence-electron chi connectivity index (χ1n) is 10.2. The lowest BCUT2D eigenvalue weighted by atomic mass is 10.1. The van der Waals surface area contributed by atoms with E-state index in [0.29, 0.717) is 41.0 Å². The number of ether oxygens (including phenoxy) is 2. The molecule has 1 amide bonds. The van der Waals surface area contributed by atoms with Crippen molar-refractivity contribution in [1.29, 1.82) is 5.26 Å². The van der Waals surface area contributed by atoms with Gasteiger partial charge in [0.25, 0.3) is 5.91 Å². The lowest BCUT2D eigenvalue weighted by molar-refractivity contribution is -0.112. The van der Waals surface area contributed by atoms with Crippen LogP contribution in [0.3, 0.4) is 0 Å². The van der Waals surface area contributed by atoms with Gasteiger partial charge in [-0.25, -0.2) is 0 Å². The van der Waals surface area contributed by atoms with E-state index < -0.39 is 5.91 Å². The lowest BCUT2D eigenvalue weighted by Gasteiger charge is -2.15. The molecular weight excluding hydrogens is 504 g/mol. The Morgan fingerprint density at radius 3 is 2.55 bits per heavy atom. The van der Waals surface area contributed by atoms with Gasteiger partial charge in [0, 0.05) is 15.7 Å². The highest BCUT2D eigenvalue weighted by molar-refractivity contribution is 9.10. The number of rotatable bonds is 8. The second kappa shape index (κ2) is 11.6. The van der Waals surface area contributed by atoms with Crippen molar-refractivity contribution in [2.75, 3.05) is 11.9 Å². The van der Waals surface area contributed by atoms with Crippen LogP contribution in [-0.2, 0) is 11.4 Å². The monoisotopic (exact) mass is 524 g/mol. The molecule has 1 N–H and O–H groups in total. The first-order valence-corrected chi connectivity index (χ1v) is 11.4. The second-order valence-electron chi connectivity index (χ2n) is 7.13. The highest BCUT2D eigenvalue weighted by Crippen LogP contribution is 2.38. The molecule has 7 heteroatoms. The van der Waals surface area contributed by atoms with E-state index in [1.165, 1.54) is 6.08 Å². The smallest absolute Gasteiger partial charge is 0.266 e. The minimum atomic E-state index is -0.510. The molecule has 5 nitrogen and oxygen atoms in total. The van der Waals surface area contributed by atoms with Crippen LogP contribution < -0.4 is 14.8 Å². The molecular formula is C26H22BrClN2O3. The summed E-state index contributed by atoms with van der Waals surface area (Å²) in [5.74, 6) is 0.318. The van der Waals surface area contributed by atoms with Gasteiger partial charge < -0.3 is 14.8 Å². The Kier molecular flexibility index (Phi) is 8.53. The highest BCUT2D eigenvalue weighted by atomic mass is 79.9. The van der Waals surface area contributed by atoms with Crippen molar-refractivity contribution < 1.29 is 14.3 Å². The standard InChI is InChI=1S/C26H22BrClN2O3/c1-3-32-24-14-18(12-20(15-29)26(31)30-21-10-8-17(2)9-11-21)13-23(28)25(24)33-16-19-6-4-5-7-22(19)27/h4-14H,3,16H2,1-2H3,(H,30,31)/b20-12+. The summed E-state index contributed by atoms with van der Waals surface area (Å²) >= 11 is 10.0. The van der Waals surface area contributed by atoms with Crippen molar-refractivity contribution >= 4 is 45.2 Å². The van der Waals surface area contributed by atoms with Crippen LogP contribution >= 0.6 is 27.5 Å². The number of nitrogens with one attached hydrogen (secondary N) is 1. The Labute approximate surface area is 206 Å². The topological polar surface area (TPSA) is 71.3 Å². The summed E-state index contributed by atoms with van der Waals surface area (Å²) in [5, 5.41) is 12.6. The van der Waals surface area contributed by atoms with Crippen LogP contribution in [0.1, 0.15) is 23.6 Å². The number of amides is 1. The molecule has 3 rings (SSSR count). The SMILES string of the molecule is CCOc1cc(/C=C(\C#N)C(=O)Nc2ccc(C)cc2)cc(Cl)c1OCc1ccccc1Br. The largest absolute Gasteiger partial charge is 0.490 e. The van der Waals surface area contributed by atoms with Gasteiger partial charge in [0.1, 0.15) is 18.2 Å². The van der Waals surface area contributed by atoms with Gasteiger partial charge in [-0.1, -0.05) is 63.4 Å². The van der Waals surface area contributed by atoms with Crippen LogP contribution in [-0.4, -0.2) is 12.5 Å². The Morgan fingerprint density at radius 1 is 1.15 bits per heavy atom. The first kappa shape index (κ1) is 24.4. The van der Waals surface area contributed by atoms with Crippen molar-refractivity contribution in [1.82, 2.24) is 0 Å². The average molecular weight is 526 g/mol. The van der Waals surface area contributed by atoms with E-state index in [1.807, 2.05) is 56.3 Å². The van der Waals surface area contributed by atoms with Gasteiger partial charge in [-0.3, -0.25) is 4.79 Å². The van der Waals surface area contributed by atoms with E-state index in [4.69, 9.17) is 21.1 Å². The molecule has 0 aliphatic rings. The quantitative estimate of drug-likeness (QED) is 0.256. The number of halogens is 2. The van der Waals surface area contributed by atoms with E-state index in [1.54, 1.807) is 24.3 Å². The summed E-state index contributed by atoms with van der Waals surface area (Å²) in [7, 11) is 0. The molecule has 3 aromatic carbocycles. The van der Waals surface area contributed by atoms with Crippen LogP contribution in [0.4, 0.5) is 5.69 Å². The Bertz CT molecular complexity index is 1220. The van der Waals surface area contributed by atoms with E-state index >= 15 is 0 Å². The fourth-order valence-corrected chi connectivity index (χ4v) is 3.66. The zero-order valence-electron chi connectivity index (χ0n) is 18.2. The van der Waals surface area contributed by atoms with Crippen LogP contribution in [0, 0.1) is 18.3 Å². The number of aryl methyl sites for hydroxylation is 1. The molecule has 0 heterocycles. The zero-order valence-corrected chi connectivity index (χ0v) is 20.5. The maximum atomic E-state index is 12.6. The van der Waals surface area contributed by atoms with Crippen molar-refractivity contribution in [2.45, 2.75) is 20.5 Å². The summed E-state index contributed by atoms with van der Waals surface area (Å²) in [5.41, 5.74) is 3.13. The molecule has 0 saturated carbocycles. The third-order valence-electron chi connectivity index (χ3n) is 4.65. The van der Waals surface area contributed by atoms with Crippen LogP contribution in [0.25, 0.3) is 6.08 Å². The van der Waals surface area contributed by atoms with Crippen LogP contribution in [0.2, 0.25) is 5.02 Å². The Morgan fingerprint density at radius 2 is 1.88 bits per heavy atom. The third-order valence-corrected chi connectivity index (χ3v) is 5.70. The third kappa shape index (κ3) is 6.61. The molecule has 0 fully saturated rings. The van der Waals surface area contributed by atoms with Crippen LogP contribution in [0.5, 0.6) is 11.5 Å². The highest BCUT2D eigenvalue weighted by Gasteiger charge is 2.15. The fraction of sp³-hybridized carbons (Fsp3) is 0.154. The Balaban J connectivity index is 1.85. The molecule has 0 aliphatic heterocycles. The summed E-state index contributed by atoms with van der Waals surface area (Å²) in [6.07, 6.45) is 1.47. The molecule has 0 atom stereocenters. The van der Waals surface area contributed by atoms with E-state index in [9.17, 15) is 10.1 Å². The van der Waals surface area contributed by atoms with E-state index in [-0.39, 0.29) is 5.57 Å². The van der Waals surface area contributed by atoms with Gasteiger partial charge in [0.05, 0.1) is 11.6 Å². The number of nitriles is 1. The molecule has 0 bridgehead atoms. The van der Waals surface area contributed by atoms with Gasteiger partial charge >= 0.3 is 0 Å². The minimum Gasteiger partial charge on any atom is -0.490 e. The first-order chi connectivity index (χ1) is 15.9.